The van der Waals surface area contributed by atoms with Gasteiger partial charge >= 0.3 is 0 Å². The number of furan rings is 1. The second-order valence-corrected chi connectivity index (χ2v) is 8.58. The summed E-state index contributed by atoms with van der Waals surface area (Å²) >= 11 is 1.68. The molecule has 0 bridgehead atoms. The number of rotatable bonds is 7. The van der Waals surface area contributed by atoms with Crippen molar-refractivity contribution in [3.8, 4) is 0 Å². The van der Waals surface area contributed by atoms with Crippen LogP contribution in [0.2, 0.25) is 0 Å². The fourth-order valence-corrected chi connectivity index (χ4v) is 4.49. The zero-order valence-electron chi connectivity index (χ0n) is 17.4. The Morgan fingerprint density at radius 3 is 2.74 bits per heavy atom. The Morgan fingerprint density at radius 2 is 1.97 bits per heavy atom. The second-order valence-electron chi connectivity index (χ2n) is 7.55. The number of hydrazone groups is 1. The van der Waals surface area contributed by atoms with Crippen LogP contribution in [0.4, 0.5) is 0 Å². The summed E-state index contributed by atoms with van der Waals surface area (Å²) in [5, 5.41) is 9.35. The van der Waals surface area contributed by atoms with Gasteiger partial charge in [0.2, 0.25) is 5.91 Å². The van der Waals surface area contributed by atoms with Crippen LogP contribution in [0.3, 0.4) is 0 Å². The van der Waals surface area contributed by atoms with Gasteiger partial charge in [-0.3, -0.25) is 9.59 Å². The zero-order chi connectivity index (χ0) is 21.6. The molecule has 1 aliphatic rings. The average molecular weight is 436 g/mol. The molecule has 2 amide bonds. The number of hydrogen-bond acceptors (Lipinski definition) is 5. The van der Waals surface area contributed by atoms with E-state index in [1.807, 2.05) is 48.7 Å². The van der Waals surface area contributed by atoms with Gasteiger partial charge in [0.1, 0.15) is 5.76 Å². The van der Waals surface area contributed by atoms with Crippen LogP contribution < -0.4 is 10.7 Å². The molecule has 0 saturated carbocycles. The summed E-state index contributed by atoms with van der Waals surface area (Å²) in [6.45, 7) is 2.43. The minimum absolute atomic E-state index is 0.168. The van der Waals surface area contributed by atoms with Crippen LogP contribution >= 0.6 is 11.3 Å². The Hall–Kier alpha value is -3.19. The third kappa shape index (κ3) is 5.11. The van der Waals surface area contributed by atoms with Gasteiger partial charge in [-0.15, -0.1) is 11.3 Å². The molecule has 0 fully saturated rings. The normalized spacial score (nSPS) is 14.3. The SMILES string of the molecule is Cc1c(C(=O)NCCc2cccs2)oc2c1/C(=N/NC(=O)Cc1ccccc1)CCC2. The molecule has 7 heteroatoms. The van der Waals surface area contributed by atoms with E-state index in [0.29, 0.717) is 12.3 Å². The molecule has 0 atom stereocenters. The molecule has 0 aliphatic heterocycles. The van der Waals surface area contributed by atoms with Crippen molar-refractivity contribution in [3.63, 3.8) is 0 Å². The molecule has 0 radical (unpaired) electrons. The lowest BCUT2D eigenvalue weighted by Crippen LogP contribution is -2.26. The predicted octanol–water partition coefficient (Wildman–Crippen LogP) is 4.02. The van der Waals surface area contributed by atoms with Gasteiger partial charge in [-0.25, -0.2) is 5.43 Å². The highest BCUT2D eigenvalue weighted by atomic mass is 32.1. The van der Waals surface area contributed by atoms with Crippen molar-refractivity contribution in [1.82, 2.24) is 10.7 Å². The molecular formula is C24H25N3O3S. The van der Waals surface area contributed by atoms with E-state index in [4.69, 9.17) is 4.42 Å². The maximum atomic E-state index is 12.7. The number of aryl methyl sites for hydroxylation is 1. The van der Waals surface area contributed by atoms with Crippen molar-refractivity contribution in [2.24, 2.45) is 5.10 Å². The van der Waals surface area contributed by atoms with E-state index in [9.17, 15) is 9.59 Å². The summed E-state index contributed by atoms with van der Waals surface area (Å²) in [6.07, 6.45) is 3.43. The first-order valence-corrected chi connectivity index (χ1v) is 11.3. The monoisotopic (exact) mass is 435 g/mol. The Bertz CT molecular complexity index is 1080. The Labute approximate surface area is 185 Å². The Morgan fingerprint density at radius 1 is 1.13 bits per heavy atom. The number of amides is 2. The van der Waals surface area contributed by atoms with Crippen molar-refractivity contribution in [2.75, 3.05) is 6.54 Å². The Kier molecular flexibility index (Phi) is 6.62. The fourth-order valence-electron chi connectivity index (χ4n) is 3.78. The number of benzene rings is 1. The first-order chi connectivity index (χ1) is 15.1. The first kappa shape index (κ1) is 21.1. The quantitative estimate of drug-likeness (QED) is 0.550. The molecule has 1 aromatic carbocycles. The van der Waals surface area contributed by atoms with E-state index in [1.54, 1.807) is 11.3 Å². The van der Waals surface area contributed by atoms with Crippen LogP contribution in [0, 0.1) is 6.92 Å². The van der Waals surface area contributed by atoms with Crippen LogP contribution in [-0.2, 0) is 24.1 Å². The van der Waals surface area contributed by atoms with E-state index in [1.165, 1.54) is 4.88 Å². The lowest BCUT2D eigenvalue weighted by Gasteiger charge is -2.13. The summed E-state index contributed by atoms with van der Waals surface area (Å²) < 4.78 is 5.92. The van der Waals surface area contributed by atoms with Crippen molar-refractivity contribution < 1.29 is 14.0 Å². The largest absolute Gasteiger partial charge is 0.455 e. The molecule has 4 rings (SSSR count). The van der Waals surface area contributed by atoms with E-state index in [2.05, 4.69) is 21.9 Å². The van der Waals surface area contributed by atoms with Gasteiger partial charge in [0.05, 0.1) is 12.1 Å². The molecule has 2 aromatic heterocycles. The van der Waals surface area contributed by atoms with Crippen molar-refractivity contribution in [2.45, 2.75) is 39.0 Å². The summed E-state index contributed by atoms with van der Waals surface area (Å²) in [6, 6.07) is 13.6. The molecule has 2 heterocycles. The lowest BCUT2D eigenvalue weighted by atomic mass is 9.93. The van der Waals surface area contributed by atoms with Gasteiger partial charge in [-0.05, 0) is 43.2 Å². The molecule has 31 heavy (non-hydrogen) atoms. The highest BCUT2D eigenvalue weighted by Gasteiger charge is 2.28. The molecular weight excluding hydrogens is 410 g/mol. The summed E-state index contributed by atoms with van der Waals surface area (Å²) in [5.74, 6) is 0.721. The van der Waals surface area contributed by atoms with Gasteiger partial charge in [0.25, 0.3) is 5.91 Å². The zero-order valence-corrected chi connectivity index (χ0v) is 18.3. The highest BCUT2D eigenvalue weighted by Crippen LogP contribution is 2.29. The van der Waals surface area contributed by atoms with Gasteiger partial charge in [0.15, 0.2) is 5.76 Å². The summed E-state index contributed by atoms with van der Waals surface area (Å²) in [5.41, 5.74) is 6.00. The van der Waals surface area contributed by atoms with E-state index in [-0.39, 0.29) is 18.2 Å². The minimum atomic E-state index is -0.212. The third-order valence-corrected chi connectivity index (χ3v) is 6.23. The second kappa shape index (κ2) is 9.75. The highest BCUT2D eigenvalue weighted by molar-refractivity contribution is 7.09. The first-order valence-electron chi connectivity index (χ1n) is 10.4. The van der Waals surface area contributed by atoms with Crippen molar-refractivity contribution in [1.29, 1.82) is 0 Å². The fraction of sp³-hybridized carbons (Fsp3) is 0.292. The maximum Gasteiger partial charge on any atom is 0.287 e. The number of carbonyl (C=O) groups is 2. The molecule has 1 aliphatic carbocycles. The minimum Gasteiger partial charge on any atom is -0.455 e. The standard InChI is InChI=1S/C24H25N3O3S/c1-16-22-19(26-27-21(28)15-17-7-3-2-4-8-17)10-5-11-20(22)30-23(16)24(29)25-13-12-18-9-6-14-31-18/h2-4,6-9,14H,5,10-13,15H2,1H3,(H,25,29)(H,27,28)/b26-19+. The number of fused-ring (bicyclic) bond motifs is 1. The van der Waals surface area contributed by atoms with Gasteiger partial charge < -0.3 is 9.73 Å². The maximum absolute atomic E-state index is 12.7. The summed E-state index contributed by atoms with van der Waals surface area (Å²) in [7, 11) is 0. The molecule has 0 saturated heterocycles. The van der Waals surface area contributed by atoms with Crippen LogP contribution in [-0.4, -0.2) is 24.1 Å². The number of nitrogens with one attached hydrogen (secondary N) is 2. The van der Waals surface area contributed by atoms with Gasteiger partial charge in [-0.2, -0.15) is 5.10 Å². The van der Waals surface area contributed by atoms with Crippen LogP contribution in [0.15, 0.2) is 57.4 Å². The molecule has 6 nitrogen and oxygen atoms in total. The number of carbonyl (C=O) groups excluding carboxylic acids is 2. The summed E-state index contributed by atoms with van der Waals surface area (Å²) in [4.78, 5) is 26.2. The molecule has 2 N–H and O–H groups in total. The molecule has 0 spiro atoms. The Balaban J connectivity index is 1.43. The van der Waals surface area contributed by atoms with Gasteiger partial charge in [0, 0.05) is 29.0 Å². The van der Waals surface area contributed by atoms with Gasteiger partial charge in [-0.1, -0.05) is 36.4 Å². The van der Waals surface area contributed by atoms with Crippen LogP contribution in [0.5, 0.6) is 0 Å². The smallest absolute Gasteiger partial charge is 0.287 e. The molecule has 0 unspecified atom stereocenters. The number of hydrogen-bond donors (Lipinski definition) is 2. The van der Waals surface area contributed by atoms with E-state index in [0.717, 1.165) is 53.8 Å². The average Bonchev–Trinajstić information content (AvgIpc) is 3.41. The van der Waals surface area contributed by atoms with Crippen molar-refractivity contribution in [3.05, 3.63) is 80.9 Å². The van der Waals surface area contributed by atoms with Crippen LogP contribution in [0.1, 0.15) is 50.7 Å². The van der Waals surface area contributed by atoms with Crippen LogP contribution in [0.25, 0.3) is 0 Å². The molecule has 160 valence electrons. The van der Waals surface area contributed by atoms with Crippen molar-refractivity contribution >= 4 is 28.9 Å². The third-order valence-electron chi connectivity index (χ3n) is 5.29. The van der Waals surface area contributed by atoms with E-state index < -0.39 is 0 Å². The van der Waals surface area contributed by atoms with E-state index >= 15 is 0 Å². The predicted molar refractivity (Wildman–Crippen MR) is 122 cm³/mol. The number of thiophene rings is 1. The lowest BCUT2D eigenvalue weighted by molar-refractivity contribution is -0.120. The topological polar surface area (TPSA) is 83.7 Å². The molecule has 3 aromatic rings. The number of nitrogens with zero attached hydrogens (tertiary/aromatic N) is 1.